The Bertz CT molecular complexity index is 1440. The zero-order valence-electron chi connectivity index (χ0n) is 17.4. The first kappa shape index (κ1) is 20.6. The second-order valence-corrected chi connectivity index (χ2v) is 7.90. The summed E-state index contributed by atoms with van der Waals surface area (Å²) < 4.78 is 15.0. The number of carbonyl (C=O) groups excluding carboxylic acids is 2. The summed E-state index contributed by atoms with van der Waals surface area (Å²) in [5.74, 6) is -1.16. The number of nitrogens with zero attached hydrogens (tertiary/aromatic N) is 4. The van der Waals surface area contributed by atoms with Gasteiger partial charge in [0, 0.05) is 23.0 Å². The molecule has 1 aliphatic heterocycles. The molecule has 33 heavy (non-hydrogen) atoms. The molecule has 3 heterocycles. The lowest BCUT2D eigenvalue weighted by Crippen LogP contribution is -2.43. The lowest BCUT2D eigenvalue weighted by Gasteiger charge is -2.22. The molecule has 1 saturated heterocycles. The van der Waals surface area contributed by atoms with Gasteiger partial charge in [0.2, 0.25) is 5.91 Å². The number of hydrogen-bond acceptors (Lipinski definition) is 5. The van der Waals surface area contributed by atoms with E-state index in [1.807, 2.05) is 0 Å². The molecule has 0 radical (unpaired) electrons. The van der Waals surface area contributed by atoms with Crippen molar-refractivity contribution in [2.45, 2.75) is 18.9 Å². The zero-order valence-corrected chi connectivity index (χ0v) is 17.4. The average Bonchev–Trinajstić information content (AvgIpc) is 3.49. The number of nitrogens with one attached hydrogen (secondary N) is 1. The third-order valence-corrected chi connectivity index (χ3v) is 5.80. The molecule has 9 nitrogen and oxygen atoms in total. The van der Waals surface area contributed by atoms with Gasteiger partial charge in [-0.3, -0.25) is 14.4 Å². The molecule has 10 heteroatoms. The number of benzene rings is 2. The van der Waals surface area contributed by atoms with Crippen LogP contribution in [0.1, 0.15) is 23.2 Å². The molecule has 166 valence electrons. The zero-order chi connectivity index (χ0) is 23.1. The van der Waals surface area contributed by atoms with Crippen LogP contribution < -0.4 is 11.3 Å². The highest BCUT2D eigenvalue weighted by molar-refractivity contribution is 5.97. The van der Waals surface area contributed by atoms with E-state index in [0.29, 0.717) is 40.8 Å². The van der Waals surface area contributed by atoms with Gasteiger partial charge in [0.05, 0.1) is 17.4 Å². The maximum absolute atomic E-state index is 13.6. The molecule has 2 amide bonds. The number of H-pyrrole nitrogens is 1. The summed E-state index contributed by atoms with van der Waals surface area (Å²) in [6.45, 7) is 0.491. The number of pyridine rings is 1. The highest BCUT2D eigenvalue weighted by Gasteiger charge is 2.33. The number of aromatic nitrogens is 4. The van der Waals surface area contributed by atoms with Gasteiger partial charge in [-0.05, 0) is 61.4 Å². The van der Waals surface area contributed by atoms with Gasteiger partial charge in [0.25, 0.3) is 11.5 Å². The topological polar surface area (TPSA) is 127 Å². The van der Waals surface area contributed by atoms with Gasteiger partial charge in [-0.15, -0.1) is 5.10 Å². The molecule has 2 aromatic heterocycles. The average molecular weight is 446 g/mol. The summed E-state index contributed by atoms with van der Waals surface area (Å²) >= 11 is 0. The van der Waals surface area contributed by atoms with Gasteiger partial charge >= 0.3 is 0 Å². The molecule has 0 spiro atoms. The van der Waals surface area contributed by atoms with Gasteiger partial charge in [-0.25, -0.2) is 9.07 Å². The van der Waals surface area contributed by atoms with Crippen LogP contribution in [-0.2, 0) is 4.79 Å². The fraction of sp³-hybridized carbons (Fsp3) is 0.174. The van der Waals surface area contributed by atoms with Crippen LogP contribution in [0.15, 0.2) is 59.5 Å². The number of primary amides is 1. The largest absolute Gasteiger partial charge is 0.368 e. The first-order valence-corrected chi connectivity index (χ1v) is 10.4. The first-order valence-electron chi connectivity index (χ1n) is 10.4. The highest BCUT2D eigenvalue weighted by atomic mass is 19.1. The van der Waals surface area contributed by atoms with Crippen LogP contribution in [0.2, 0.25) is 0 Å². The van der Waals surface area contributed by atoms with E-state index < -0.39 is 17.8 Å². The Kier molecular flexibility index (Phi) is 4.97. The quantitative estimate of drug-likeness (QED) is 0.496. The van der Waals surface area contributed by atoms with Gasteiger partial charge in [-0.2, -0.15) is 0 Å². The van der Waals surface area contributed by atoms with Gasteiger partial charge in [0.15, 0.2) is 0 Å². The Morgan fingerprint density at radius 1 is 1.12 bits per heavy atom. The van der Waals surface area contributed by atoms with Crippen molar-refractivity contribution in [3.63, 3.8) is 0 Å². The predicted octanol–water partition coefficient (Wildman–Crippen LogP) is 2.00. The number of nitrogens with two attached hydrogens (primary N) is 1. The fourth-order valence-corrected chi connectivity index (χ4v) is 4.11. The lowest BCUT2D eigenvalue weighted by molar-refractivity contribution is -0.121. The summed E-state index contributed by atoms with van der Waals surface area (Å²) in [6.07, 6.45) is 2.89. The van der Waals surface area contributed by atoms with Crippen molar-refractivity contribution in [1.29, 1.82) is 0 Å². The second-order valence-electron chi connectivity index (χ2n) is 7.90. The summed E-state index contributed by atoms with van der Waals surface area (Å²) in [5, 5.41) is 8.69. The fourth-order valence-electron chi connectivity index (χ4n) is 4.11. The van der Waals surface area contributed by atoms with Crippen LogP contribution in [0.25, 0.3) is 27.8 Å². The van der Waals surface area contributed by atoms with Crippen molar-refractivity contribution >= 4 is 22.7 Å². The SMILES string of the molecule is NC(=O)[C@H]1CCCN1C(=O)c1ccc(-n2cc(-c3cc4cc(F)ccc4[nH]c3=O)nn2)cc1. The van der Waals surface area contributed by atoms with Crippen molar-refractivity contribution in [3.8, 4) is 16.9 Å². The smallest absolute Gasteiger partial charge is 0.258 e. The van der Waals surface area contributed by atoms with Crippen LogP contribution in [0.4, 0.5) is 4.39 Å². The van der Waals surface area contributed by atoms with Crippen LogP contribution in [0.5, 0.6) is 0 Å². The molecule has 0 unspecified atom stereocenters. The third kappa shape index (κ3) is 3.75. The maximum atomic E-state index is 13.6. The minimum atomic E-state index is -0.580. The van der Waals surface area contributed by atoms with E-state index in [1.54, 1.807) is 36.5 Å². The van der Waals surface area contributed by atoms with Crippen molar-refractivity contribution in [1.82, 2.24) is 24.9 Å². The predicted molar refractivity (Wildman–Crippen MR) is 118 cm³/mol. The molecule has 1 aliphatic rings. The number of aromatic amines is 1. The summed E-state index contributed by atoms with van der Waals surface area (Å²) in [7, 11) is 0. The van der Waals surface area contributed by atoms with Crippen molar-refractivity contribution in [3.05, 3.63) is 76.5 Å². The van der Waals surface area contributed by atoms with E-state index in [9.17, 15) is 18.8 Å². The molecular weight excluding hydrogens is 427 g/mol. The third-order valence-electron chi connectivity index (χ3n) is 5.80. The summed E-state index contributed by atoms with van der Waals surface area (Å²) in [5.41, 5.74) is 7.21. The number of carbonyl (C=O) groups is 2. The molecule has 4 aromatic rings. The van der Waals surface area contributed by atoms with E-state index in [4.69, 9.17) is 5.73 Å². The lowest BCUT2D eigenvalue weighted by atomic mass is 10.1. The summed E-state index contributed by atoms with van der Waals surface area (Å²) in [4.78, 5) is 41.1. The van der Waals surface area contributed by atoms with Crippen molar-refractivity contribution in [2.75, 3.05) is 6.54 Å². The number of rotatable bonds is 4. The number of fused-ring (bicyclic) bond motifs is 1. The summed E-state index contributed by atoms with van der Waals surface area (Å²) in [6, 6.07) is 11.8. The van der Waals surface area contributed by atoms with Gasteiger partial charge < -0.3 is 15.6 Å². The first-order chi connectivity index (χ1) is 15.9. The Morgan fingerprint density at radius 2 is 1.91 bits per heavy atom. The van der Waals surface area contributed by atoms with Gasteiger partial charge in [0.1, 0.15) is 17.6 Å². The Labute approximate surface area is 186 Å². The number of likely N-dealkylation sites (tertiary alicyclic amines) is 1. The molecule has 1 atom stereocenters. The molecule has 5 rings (SSSR count). The Balaban J connectivity index is 1.41. The van der Waals surface area contributed by atoms with Crippen LogP contribution in [0.3, 0.4) is 0 Å². The molecule has 3 N–H and O–H groups in total. The van der Waals surface area contributed by atoms with E-state index in [1.165, 1.54) is 27.8 Å². The molecule has 0 bridgehead atoms. The molecule has 0 saturated carbocycles. The minimum Gasteiger partial charge on any atom is -0.368 e. The highest BCUT2D eigenvalue weighted by Crippen LogP contribution is 2.22. The number of hydrogen-bond donors (Lipinski definition) is 2. The molecular formula is C23H19FN6O3. The van der Waals surface area contributed by atoms with Crippen LogP contribution in [-0.4, -0.2) is 49.3 Å². The number of halogens is 1. The standard InChI is InChI=1S/C23H19FN6O3/c24-15-5-8-18-14(10-15)11-17(22(32)26-18)19-12-30(28-27-19)16-6-3-13(4-7-16)23(33)29-9-1-2-20(29)21(25)31/h3-8,10-12,20H,1-2,9H2,(H2,25,31)(H,26,32)/t20-/m1/s1. The Hall–Kier alpha value is -4.34. The minimum absolute atomic E-state index is 0.253. The molecule has 1 fully saturated rings. The van der Waals surface area contributed by atoms with E-state index in [0.717, 1.165) is 6.42 Å². The van der Waals surface area contributed by atoms with Crippen LogP contribution in [0, 0.1) is 5.82 Å². The van der Waals surface area contributed by atoms with Crippen molar-refractivity contribution in [2.24, 2.45) is 5.73 Å². The van der Waals surface area contributed by atoms with E-state index in [2.05, 4.69) is 15.3 Å². The normalized spacial score (nSPS) is 15.8. The van der Waals surface area contributed by atoms with Crippen LogP contribution >= 0.6 is 0 Å². The molecule has 2 aromatic carbocycles. The van der Waals surface area contributed by atoms with E-state index >= 15 is 0 Å². The Morgan fingerprint density at radius 3 is 2.67 bits per heavy atom. The van der Waals surface area contributed by atoms with Gasteiger partial charge in [-0.1, -0.05) is 5.21 Å². The number of amides is 2. The van der Waals surface area contributed by atoms with E-state index in [-0.39, 0.29) is 17.0 Å². The van der Waals surface area contributed by atoms with Crippen molar-refractivity contribution < 1.29 is 14.0 Å². The second kappa shape index (κ2) is 7.97. The molecule has 0 aliphatic carbocycles. The maximum Gasteiger partial charge on any atom is 0.258 e. The monoisotopic (exact) mass is 446 g/mol.